The molecule has 3 rings (SSSR count). The number of aliphatic hydroxyl groups excluding tert-OH is 1. The van der Waals surface area contributed by atoms with Gasteiger partial charge in [0, 0.05) is 10.4 Å². The Morgan fingerprint density at radius 3 is 2.54 bits per heavy atom. The second-order valence-electron chi connectivity index (χ2n) is 6.74. The Morgan fingerprint density at radius 1 is 1.00 bits per heavy atom. The zero-order chi connectivity index (χ0) is 19.8. The van der Waals surface area contributed by atoms with Crippen molar-refractivity contribution in [3.8, 4) is 11.5 Å². The predicted molar refractivity (Wildman–Crippen MR) is 113 cm³/mol. The molecule has 28 heavy (non-hydrogen) atoms. The highest BCUT2D eigenvalue weighted by atomic mass is 32.1. The number of thiophene rings is 1. The predicted octanol–water partition coefficient (Wildman–Crippen LogP) is 3.91. The normalized spacial score (nSPS) is 13.1. The van der Waals surface area contributed by atoms with Crippen LogP contribution in [0.1, 0.15) is 36.0 Å². The number of nitrogens with two attached hydrogens (primary N) is 1. The van der Waals surface area contributed by atoms with Gasteiger partial charge in [-0.15, -0.1) is 11.3 Å². The third-order valence-corrected chi connectivity index (χ3v) is 5.47. The molecule has 0 spiro atoms. The van der Waals surface area contributed by atoms with Gasteiger partial charge in [-0.1, -0.05) is 36.4 Å². The Balaban J connectivity index is 1.61. The van der Waals surface area contributed by atoms with Crippen molar-refractivity contribution in [1.82, 2.24) is 0 Å². The Kier molecular flexibility index (Phi) is 7.48. The summed E-state index contributed by atoms with van der Waals surface area (Å²) in [6, 6.07) is 20.0. The van der Waals surface area contributed by atoms with Gasteiger partial charge in [-0.3, -0.25) is 0 Å². The minimum absolute atomic E-state index is 0.0488. The van der Waals surface area contributed by atoms with Gasteiger partial charge in [-0.2, -0.15) is 0 Å². The Hall–Kier alpha value is -2.34. The molecule has 2 aromatic carbocycles. The fraction of sp³-hybridized carbons (Fsp3) is 0.304. The third kappa shape index (κ3) is 5.58. The van der Waals surface area contributed by atoms with Crippen LogP contribution < -0.4 is 14.8 Å². The van der Waals surface area contributed by atoms with Crippen molar-refractivity contribution >= 4 is 11.3 Å². The van der Waals surface area contributed by atoms with Gasteiger partial charge in [-0.25, -0.2) is 0 Å². The van der Waals surface area contributed by atoms with Gasteiger partial charge in [0.2, 0.25) is 0 Å². The summed E-state index contributed by atoms with van der Waals surface area (Å²) in [4.78, 5) is 1.18. The van der Waals surface area contributed by atoms with Crippen LogP contribution in [-0.4, -0.2) is 17.8 Å². The zero-order valence-corrected chi connectivity index (χ0v) is 17.2. The molecule has 0 aliphatic carbocycles. The summed E-state index contributed by atoms with van der Waals surface area (Å²) >= 11 is 1.68. The summed E-state index contributed by atoms with van der Waals surface area (Å²) in [5.74, 6) is 1.53. The zero-order valence-electron chi connectivity index (χ0n) is 16.4. The first-order valence-electron chi connectivity index (χ1n) is 9.64. The third-order valence-electron chi connectivity index (χ3n) is 4.62. The molecule has 0 saturated carbocycles. The van der Waals surface area contributed by atoms with Crippen LogP contribution in [0.2, 0.25) is 0 Å². The fourth-order valence-corrected chi connectivity index (χ4v) is 3.63. The van der Waals surface area contributed by atoms with Gasteiger partial charge in [0.15, 0.2) is 11.5 Å². The average molecular weight is 399 g/mol. The Labute approximate surface area is 170 Å². The standard InChI is InChI=1S/C23H27NO3S/c1-3-26-22-14-18(11-12-21(22)27-16-20-10-7-13-28-20)15-24-17(2)23(25)19-8-5-4-6-9-19/h4-14,17,23-25H,3,15-16H2,1-2H3/p+1/t17-,23+/m0/s1. The van der Waals surface area contributed by atoms with E-state index in [-0.39, 0.29) is 6.04 Å². The van der Waals surface area contributed by atoms with E-state index in [0.717, 1.165) is 29.2 Å². The maximum absolute atomic E-state index is 10.5. The summed E-state index contributed by atoms with van der Waals surface area (Å²) in [5.41, 5.74) is 2.08. The minimum atomic E-state index is -0.499. The van der Waals surface area contributed by atoms with Gasteiger partial charge >= 0.3 is 0 Å². The monoisotopic (exact) mass is 398 g/mol. The summed E-state index contributed by atoms with van der Waals surface area (Å²) in [6.45, 7) is 5.91. The summed E-state index contributed by atoms with van der Waals surface area (Å²) in [7, 11) is 0. The van der Waals surface area contributed by atoms with E-state index in [4.69, 9.17) is 9.47 Å². The van der Waals surface area contributed by atoms with Crippen molar-refractivity contribution in [1.29, 1.82) is 0 Å². The van der Waals surface area contributed by atoms with Crippen LogP contribution in [0, 0.1) is 0 Å². The first kappa shape index (κ1) is 20.4. The molecule has 4 nitrogen and oxygen atoms in total. The highest BCUT2D eigenvalue weighted by Gasteiger charge is 2.19. The van der Waals surface area contributed by atoms with Gasteiger partial charge in [-0.05, 0) is 49.1 Å². The average Bonchev–Trinajstić information content (AvgIpc) is 3.25. The molecule has 5 heteroatoms. The van der Waals surface area contributed by atoms with Crippen molar-refractivity contribution in [3.63, 3.8) is 0 Å². The van der Waals surface area contributed by atoms with Crippen molar-refractivity contribution < 1.29 is 19.9 Å². The van der Waals surface area contributed by atoms with Gasteiger partial charge in [0.1, 0.15) is 25.3 Å². The number of rotatable bonds is 10. The van der Waals surface area contributed by atoms with E-state index in [9.17, 15) is 5.11 Å². The lowest BCUT2D eigenvalue weighted by atomic mass is 10.0. The van der Waals surface area contributed by atoms with E-state index >= 15 is 0 Å². The first-order chi connectivity index (χ1) is 13.7. The van der Waals surface area contributed by atoms with Crippen LogP contribution in [0.3, 0.4) is 0 Å². The second kappa shape index (κ2) is 10.3. The number of hydrogen-bond donors (Lipinski definition) is 2. The molecule has 148 valence electrons. The molecule has 3 aromatic rings. The molecule has 0 bridgehead atoms. The van der Waals surface area contributed by atoms with E-state index in [1.165, 1.54) is 4.88 Å². The number of benzene rings is 2. The Bertz CT molecular complexity index is 836. The largest absolute Gasteiger partial charge is 0.490 e. The minimum Gasteiger partial charge on any atom is -0.490 e. The second-order valence-corrected chi connectivity index (χ2v) is 7.77. The number of quaternary nitrogens is 1. The number of aliphatic hydroxyl groups is 1. The molecular weight excluding hydrogens is 370 g/mol. The number of hydrogen-bond acceptors (Lipinski definition) is 4. The van der Waals surface area contributed by atoms with Crippen LogP contribution >= 0.6 is 11.3 Å². The SMILES string of the molecule is CCOc1cc(C[NH2+][C@@H](C)[C@@H](O)c2ccccc2)ccc1OCc1cccs1. The molecule has 0 fully saturated rings. The van der Waals surface area contributed by atoms with E-state index in [1.54, 1.807) is 11.3 Å². The van der Waals surface area contributed by atoms with Gasteiger partial charge in [0.05, 0.1) is 6.61 Å². The highest BCUT2D eigenvalue weighted by molar-refractivity contribution is 7.09. The number of ether oxygens (including phenoxy) is 2. The van der Waals surface area contributed by atoms with Gasteiger partial charge in [0.25, 0.3) is 0 Å². The maximum atomic E-state index is 10.5. The maximum Gasteiger partial charge on any atom is 0.161 e. The lowest BCUT2D eigenvalue weighted by Gasteiger charge is -2.18. The molecule has 0 radical (unpaired) electrons. The van der Waals surface area contributed by atoms with E-state index in [0.29, 0.717) is 13.2 Å². The van der Waals surface area contributed by atoms with Crippen LogP contribution in [-0.2, 0) is 13.2 Å². The van der Waals surface area contributed by atoms with Crippen molar-refractivity contribution in [2.45, 2.75) is 39.1 Å². The molecule has 0 aliphatic heterocycles. The quantitative estimate of drug-likeness (QED) is 0.544. The lowest BCUT2D eigenvalue weighted by molar-refractivity contribution is -0.709. The van der Waals surface area contributed by atoms with Crippen LogP contribution in [0.25, 0.3) is 0 Å². The van der Waals surface area contributed by atoms with Crippen molar-refractivity contribution in [2.24, 2.45) is 0 Å². The van der Waals surface area contributed by atoms with Crippen LogP contribution in [0.5, 0.6) is 11.5 Å². The highest BCUT2D eigenvalue weighted by Crippen LogP contribution is 2.29. The summed E-state index contributed by atoms with van der Waals surface area (Å²) < 4.78 is 11.7. The molecule has 1 heterocycles. The van der Waals surface area contributed by atoms with Crippen LogP contribution in [0.15, 0.2) is 66.0 Å². The fourth-order valence-electron chi connectivity index (χ4n) is 3.02. The molecule has 2 atom stereocenters. The van der Waals surface area contributed by atoms with Crippen molar-refractivity contribution in [2.75, 3.05) is 6.61 Å². The Morgan fingerprint density at radius 2 is 1.82 bits per heavy atom. The lowest BCUT2D eigenvalue weighted by Crippen LogP contribution is -2.88. The summed E-state index contributed by atoms with van der Waals surface area (Å²) in [6.07, 6.45) is -0.499. The molecule has 0 unspecified atom stereocenters. The molecule has 3 N–H and O–H groups in total. The van der Waals surface area contributed by atoms with E-state index in [2.05, 4.69) is 17.4 Å². The molecular formula is C23H28NO3S+. The molecule has 0 saturated heterocycles. The topological polar surface area (TPSA) is 55.3 Å². The first-order valence-corrected chi connectivity index (χ1v) is 10.5. The molecule has 0 amide bonds. The van der Waals surface area contributed by atoms with Crippen LogP contribution in [0.4, 0.5) is 0 Å². The van der Waals surface area contributed by atoms with Gasteiger partial charge < -0.3 is 19.9 Å². The molecule has 1 aromatic heterocycles. The van der Waals surface area contributed by atoms with Crippen molar-refractivity contribution in [3.05, 3.63) is 82.0 Å². The smallest absolute Gasteiger partial charge is 0.161 e. The van der Waals surface area contributed by atoms with E-state index in [1.807, 2.05) is 67.8 Å². The summed E-state index contributed by atoms with van der Waals surface area (Å²) in [5, 5.41) is 14.7. The van der Waals surface area contributed by atoms with E-state index < -0.39 is 6.10 Å². The molecule has 0 aliphatic rings.